The van der Waals surface area contributed by atoms with Crippen molar-refractivity contribution in [3.8, 4) is 12.3 Å². The van der Waals surface area contributed by atoms with Crippen molar-refractivity contribution in [2.45, 2.75) is 25.3 Å². The van der Waals surface area contributed by atoms with Crippen molar-refractivity contribution in [1.82, 2.24) is 9.03 Å². The van der Waals surface area contributed by atoms with Crippen molar-refractivity contribution in [2.75, 3.05) is 24.6 Å². The maximum Gasteiger partial charge on any atom is 0.322 e. The van der Waals surface area contributed by atoms with E-state index in [9.17, 15) is 13.2 Å². The summed E-state index contributed by atoms with van der Waals surface area (Å²) in [7, 11) is -3.73. The molecule has 1 unspecified atom stereocenters. The average Bonchev–Trinajstić information content (AvgIpc) is 2.38. The first-order valence-corrected chi connectivity index (χ1v) is 8.59. The third-order valence-electron chi connectivity index (χ3n) is 2.76. The zero-order valence-corrected chi connectivity index (χ0v) is 12.2. The Kier molecular flexibility index (Phi) is 6.65. The van der Waals surface area contributed by atoms with Gasteiger partial charge in [-0.05, 0) is 19.3 Å². The van der Waals surface area contributed by atoms with Crippen LogP contribution >= 0.6 is 11.8 Å². The van der Waals surface area contributed by atoms with E-state index in [4.69, 9.17) is 11.5 Å². The van der Waals surface area contributed by atoms with Gasteiger partial charge in [0.15, 0.2) is 0 Å². The fraction of sp³-hybridized carbons (Fsp3) is 0.727. The maximum absolute atomic E-state index is 12.0. The van der Waals surface area contributed by atoms with Crippen LogP contribution in [0.1, 0.15) is 19.3 Å². The second-order valence-electron chi connectivity index (χ2n) is 4.12. The predicted molar refractivity (Wildman–Crippen MR) is 75.1 cm³/mol. The van der Waals surface area contributed by atoms with Crippen molar-refractivity contribution in [2.24, 2.45) is 0 Å². The summed E-state index contributed by atoms with van der Waals surface area (Å²) >= 11 is 1.45. The van der Waals surface area contributed by atoms with Crippen LogP contribution in [-0.4, -0.2) is 54.4 Å². The third-order valence-corrected chi connectivity index (χ3v) is 5.25. The number of thioether (sulfide) groups is 1. The first-order chi connectivity index (χ1) is 8.99. The summed E-state index contributed by atoms with van der Waals surface area (Å²) in [5.41, 5.74) is 0. The number of terminal acetylenes is 1. The Morgan fingerprint density at radius 3 is 2.89 bits per heavy atom. The van der Waals surface area contributed by atoms with E-state index in [-0.39, 0.29) is 13.1 Å². The molecule has 1 aliphatic rings. The molecule has 108 valence electrons. The van der Waals surface area contributed by atoms with E-state index in [1.54, 1.807) is 0 Å². The lowest BCUT2D eigenvalue weighted by Gasteiger charge is -2.31. The first-order valence-electron chi connectivity index (χ1n) is 5.99. The molecule has 0 aromatic rings. The maximum atomic E-state index is 12.0. The molecule has 0 saturated carbocycles. The standard InChI is InChI=1S/C11H18N2O4S2/c1-2-8-18-9-6-12-19(16,17)13-7-4-3-5-10(13)11(14)15/h1,10,12H,3-9H2,(H,14,15). The van der Waals surface area contributed by atoms with Gasteiger partial charge in [-0.3, -0.25) is 4.79 Å². The molecular formula is C11H18N2O4S2. The van der Waals surface area contributed by atoms with Crippen LogP contribution in [0.2, 0.25) is 0 Å². The molecule has 0 aromatic heterocycles. The van der Waals surface area contributed by atoms with E-state index in [1.165, 1.54) is 11.8 Å². The number of carboxylic acids is 1. The second-order valence-corrected chi connectivity index (χ2v) is 6.93. The molecule has 1 rings (SSSR count). The van der Waals surface area contributed by atoms with Gasteiger partial charge in [0.05, 0.1) is 5.75 Å². The summed E-state index contributed by atoms with van der Waals surface area (Å²) in [4.78, 5) is 11.1. The van der Waals surface area contributed by atoms with Crippen molar-refractivity contribution in [3.63, 3.8) is 0 Å². The summed E-state index contributed by atoms with van der Waals surface area (Å²) in [6.07, 6.45) is 6.87. The Bertz CT molecular complexity index is 444. The zero-order chi connectivity index (χ0) is 14.3. The van der Waals surface area contributed by atoms with Crippen molar-refractivity contribution < 1.29 is 18.3 Å². The minimum Gasteiger partial charge on any atom is -0.480 e. The first kappa shape index (κ1) is 16.3. The van der Waals surface area contributed by atoms with Crippen LogP contribution in [0.25, 0.3) is 0 Å². The molecule has 1 saturated heterocycles. The number of carboxylic acid groups (broad SMARTS) is 1. The molecule has 6 nitrogen and oxygen atoms in total. The van der Waals surface area contributed by atoms with Gasteiger partial charge < -0.3 is 5.11 Å². The van der Waals surface area contributed by atoms with Gasteiger partial charge >= 0.3 is 5.97 Å². The van der Waals surface area contributed by atoms with Crippen LogP contribution in [-0.2, 0) is 15.0 Å². The molecular weight excluding hydrogens is 288 g/mol. The molecule has 0 aromatic carbocycles. The highest BCUT2D eigenvalue weighted by Gasteiger charge is 2.36. The number of carbonyl (C=O) groups is 1. The van der Waals surface area contributed by atoms with Gasteiger partial charge in [0.1, 0.15) is 6.04 Å². The highest BCUT2D eigenvalue weighted by molar-refractivity contribution is 7.99. The number of nitrogens with zero attached hydrogens (tertiary/aromatic N) is 1. The molecule has 1 aliphatic heterocycles. The van der Waals surface area contributed by atoms with Crippen LogP contribution in [0.4, 0.5) is 0 Å². The summed E-state index contributed by atoms with van der Waals surface area (Å²) in [5, 5.41) is 9.05. The lowest BCUT2D eigenvalue weighted by atomic mass is 10.1. The Morgan fingerprint density at radius 1 is 1.53 bits per heavy atom. The molecule has 1 heterocycles. The van der Waals surface area contributed by atoms with Gasteiger partial charge in [-0.15, -0.1) is 18.2 Å². The van der Waals surface area contributed by atoms with Gasteiger partial charge in [-0.25, -0.2) is 4.72 Å². The van der Waals surface area contributed by atoms with Crippen LogP contribution in [0.3, 0.4) is 0 Å². The minimum atomic E-state index is -3.73. The minimum absolute atomic E-state index is 0.248. The summed E-state index contributed by atoms with van der Waals surface area (Å²) < 4.78 is 27.5. The number of rotatable bonds is 7. The molecule has 2 N–H and O–H groups in total. The molecule has 0 spiro atoms. The van der Waals surface area contributed by atoms with Gasteiger partial charge in [-0.2, -0.15) is 12.7 Å². The lowest BCUT2D eigenvalue weighted by molar-refractivity contribution is -0.142. The second kappa shape index (κ2) is 7.75. The topological polar surface area (TPSA) is 86.7 Å². The van der Waals surface area contributed by atoms with Crippen LogP contribution in [0.5, 0.6) is 0 Å². The number of hydrogen-bond acceptors (Lipinski definition) is 4. The molecule has 8 heteroatoms. The van der Waals surface area contributed by atoms with Gasteiger partial charge in [0.2, 0.25) is 0 Å². The fourth-order valence-electron chi connectivity index (χ4n) is 1.90. The quantitative estimate of drug-likeness (QED) is 0.515. The Hall–Kier alpha value is -0.750. The number of piperidine rings is 1. The number of aliphatic carboxylic acids is 1. The van der Waals surface area contributed by atoms with Gasteiger partial charge in [-0.1, -0.05) is 5.92 Å². The predicted octanol–water partition coefficient (Wildman–Crippen LogP) is 0.126. The largest absolute Gasteiger partial charge is 0.480 e. The molecule has 1 atom stereocenters. The smallest absolute Gasteiger partial charge is 0.322 e. The molecule has 0 aliphatic carbocycles. The highest BCUT2D eigenvalue weighted by atomic mass is 32.2. The van der Waals surface area contributed by atoms with Crippen LogP contribution < -0.4 is 4.72 Å². The van der Waals surface area contributed by atoms with Crippen molar-refractivity contribution in [3.05, 3.63) is 0 Å². The third kappa shape index (κ3) is 5.03. The SMILES string of the molecule is C#CCSCCNS(=O)(=O)N1CCCCC1C(=O)O. The van der Waals surface area contributed by atoms with E-state index < -0.39 is 22.2 Å². The number of nitrogens with one attached hydrogen (secondary N) is 1. The fourth-order valence-corrected chi connectivity index (χ4v) is 3.96. The van der Waals surface area contributed by atoms with Gasteiger partial charge in [0.25, 0.3) is 10.2 Å². The van der Waals surface area contributed by atoms with E-state index in [0.717, 1.165) is 10.7 Å². The molecule has 19 heavy (non-hydrogen) atoms. The Morgan fingerprint density at radius 2 is 2.26 bits per heavy atom. The summed E-state index contributed by atoms with van der Waals surface area (Å²) in [5.74, 6) is 2.45. The average molecular weight is 306 g/mol. The Balaban J connectivity index is 2.54. The molecule has 0 amide bonds. The zero-order valence-electron chi connectivity index (χ0n) is 10.5. The molecule has 1 fully saturated rings. The van der Waals surface area contributed by atoms with E-state index >= 15 is 0 Å². The summed E-state index contributed by atoms with van der Waals surface area (Å²) in [6.45, 7) is 0.501. The van der Waals surface area contributed by atoms with E-state index in [0.29, 0.717) is 24.3 Å². The Labute approximate surface area is 118 Å². The molecule has 0 radical (unpaired) electrons. The van der Waals surface area contributed by atoms with Crippen LogP contribution in [0, 0.1) is 12.3 Å². The van der Waals surface area contributed by atoms with Crippen molar-refractivity contribution in [1.29, 1.82) is 0 Å². The van der Waals surface area contributed by atoms with Crippen molar-refractivity contribution >= 4 is 27.9 Å². The molecule has 0 bridgehead atoms. The van der Waals surface area contributed by atoms with E-state index in [2.05, 4.69) is 10.6 Å². The highest BCUT2D eigenvalue weighted by Crippen LogP contribution is 2.19. The normalized spacial score (nSPS) is 20.9. The van der Waals surface area contributed by atoms with E-state index in [1.807, 2.05) is 0 Å². The lowest BCUT2D eigenvalue weighted by Crippen LogP contribution is -2.52. The van der Waals surface area contributed by atoms with Crippen LogP contribution in [0.15, 0.2) is 0 Å². The number of hydrogen-bond donors (Lipinski definition) is 2. The van der Waals surface area contributed by atoms with Gasteiger partial charge in [0, 0.05) is 18.8 Å². The monoisotopic (exact) mass is 306 g/mol. The summed E-state index contributed by atoms with van der Waals surface area (Å²) in [6, 6.07) is -0.954.